The molecule has 0 aromatic heterocycles. The number of carbonyl (C=O) groups excluding carboxylic acids is 1. The third kappa shape index (κ3) is 7.88. The van der Waals surface area contributed by atoms with E-state index in [0.717, 1.165) is 12.8 Å². The summed E-state index contributed by atoms with van der Waals surface area (Å²) >= 11 is 3.58. The van der Waals surface area contributed by atoms with Gasteiger partial charge in [-0.1, -0.05) is 41.6 Å². The van der Waals surface area contributed by atoms with Crippen LogP contribution in [0.15, 0.2) is 0 Å². The van der Waals surface area contributed by atoms with Gasteiger partial charge >= 0.3 is 6.09 Å². The molecular weight excluding hydrogens is 358 g/mol. The zero-order chi connectivity index (χ0) is 17.5. The van der Waals surface area contributed by atoms with Crippen molar-refractivity contribution >= 4 is 22.0 Å². The lowest BCUT2D eigenvalue weighted by Gasteiger charge is -2.37. The molecule has 4 nitrogen and oxygen atoms in total. The summed E-state index contributed by atoms with van der Waals surface area (Å²) in [5, 5.41) is 0.704. The highest BCUT2D eigenvalue weighted by molar-refractivity contribution is 9.09. The zero-order valence-electron chi connectivity index (χ0n) is 15.5. The molecule has 1 fully saturated rings. The monoisotopic (exact) mass is 391 g/mol. The predicted molar refractivity (Wildman–Crippen MR) is 98.3 cm³/mol. The van der Waals surface area contributed by atoms with Crippen molar-refractivity contribution in [2.75, 3.05) is 18.4 Å². The largest absolute Gasteiger partial charge is 0.444 e. The molecule has 1 saturated carbocycles. The molecule has 1 unspecified atom stereocenters. The van der Waals surface area contributed by atoms with E-state index in [9.17, 15) is 4.79 Å². The van der Waals surface area contributed by atoms with E-state index < -0.39 is 5.60 Å². The summed E-state index contributed by atoms with van der Waals surface area (Å²) in [6.45, 7) is 10.9. The number of nitrogens with zero attached hydrogens (tertiary/aromatic N) is 1. The van der Waals surface area contributed by atoms with Crippen LogP contribution in [0.25, 0.3) is 0 Å². The van der Waals surface area contributed by atoms with Crippen molar-refractivity contribution in [3.05, 3.63) is 0 Å². The second-order valence-electron chi connectivity index (χ2n) is 7.81. The molecule has 1 atom stereocenters. The first kappa shape index (κ1) is 20.8. The molecule has 5 heteroatoms. The van der Waals surface area contributed by atoms with E-state index >= 15 is 0 Å². The van der Waals surface area contributed by atoms with Gasteiger partial charge in [-0.25, -0.2) is 4.79 Å². The standard InChI is InChI=1S/C18H34BrNO3/c1-6-20(16(21)23-17(2,3)4)14-18(5,13-19)22-15-11-9-7-8-10-12-15/h15H,6-14H2,1-5H3. The van der Waals surface area contributed by atoms with E-state index in [4.69, 9.17) is 9.47 Å². The molecule has 0 aromatic rings. The third-order valence-electron chi connectivity index (χ3n) is 4.09. The molecule has 0 aromatic carbocycles. The van der Waals surface area contributed by atoms with Gasteiger partial charge in [-0.05, 0) is 47.5 Å². The van der Waals surface area contributed by atoms with Gasteiger partial charge in [-0.2, -0.15) is 0 Å². The Bertz CT molecular complexity index is 362. The van der Waals surface area contributed by atoms with Gasteiger partial charge in [0, 0.05) is 11.9 Å². The van der Waals surface area contributed by atoms with Crippen molar-refractivity contribution < 1.29 is 14.3 Å². The minimum atomic E-state index is -0.475. The normalized spacial score (nSPS) is 19.7. The second-order valence-corrected chi connectivity index (χ2v) is 8.37. The van der Waals surface area contributed by atoms with Crippen molar-refractivity contribution in [1.29, 1.82) is 0 Å². The average Bonchev–Trinajstić information content (AvgIpc) is 2.71. The molecule has 23 heavy (non-hydrogen) atoms. The van der Waals surface area contributed by atoms with E-state index in [1.807, 2.05) is 27.7 Å². The highest BCUT2D eigenvalue weighted by Crippen LogP contribution is 2.27. The van der Waals surface area contributed by atoms with Crippen LogP contribution in [0.5, 0.6) is 0 Å². The van der Waals surface area contributed by atoms with Gasteiger partial charge in [0.05, 0.1) is 18.2 Å². The van der Waals surface area contributed by atoms with Gasteiger partial charge in [-0.3, -0.25) is 0 Å². The van der Waals surface area contributed by atoms with Gasteiger partial charge in [0.15, 0.2) is 0 Å². The lowest BCUT2D eigenvalue weighted by molar-refractivity contribution is -0.0880. The fourth-order valence-electron chi connectivity index (χ4n) is 2.91. The van der Waals surface area contributed by atoms with Gasteiger partial charge < -0.3 is 14.4 Å². The fourth-order valence-corrected chi connectivity index (χ4v) is 3.22. The van der Waals surface area contributed by atoms with Crippen molar-refractivity contribution in [2.45, 2.75) is 90.4 Å². The van der Waals surface area contributed by atoms with Crippen LogP contribution in [0.1, 0.15) is 73.1 Å². The Morgan fingerprint density at radius 2 is 1.70 bits per heavy atom. The molecule has 1 amide bonds. The van der Waals surface area contributed by atoms with Crippen LogP contribution in [-0.4, -0.2) is 46.7 Å². The van der Waals surface area contributed by atoms with Gasteiger partial charge in [0.1, 0.15) is 5.60 Å². The van der Waals surface area contributed by atoms with Crippen LogP contribution in [0.3, 0.4) is 0 Å². The number of amides is 1. The lowest BCUT2D eigenvalue weighted by atomic mass is 10.1. The van der Waals surface area contributed by atoms with E-state index in [2.05, 4.69) is 22.9 Å². The third-order valence-corrected chi connectivity index (χ3v) is 5.28. The van der Waals surface area contributed by atoms with Crippen LogP contribution in [0.4, 0.5) is 4.79 Å². The summed E-state index contributed by atoms with van der Waals surface area (Å²) in [5.74, 6) is 0. The molecule has 0 N–H and O–H groups in total. The summed E-state index contributed by atoms with van der Waals surface area (Å²) in [6.07, 6.45) is 7.39. The van der Waals surface area contributed by atoms with Crippen molar-refractivity contribution in [1.82, 2.24) is 4.90 Å². The lowest BCUT2D eigenvalue weighted by Crippen LogP contribution is -2.49. The number of likely N-dealkylation sites (N-methyl/N-ethyl adjacent to an activating group) is 1. The Morgan fingerprint density at radius 1 is 1.13 bits per heavy atom. The van der Waals surface area contributed by atoms with E-state index in [0.29, 0.717) is 24.5 Å². The van der Waals surface area contributed by atoms with Crippen LogP contribution < -0.4 is 0 Å². The molecule has 0 aliphatic heterocycles. The Hall–Kier alpha value is -0.290. The summed E-state index contributed by atoms with van der Waals surface area (Å²) in [7, 11) is 0. The quantitative estimate of drug-likeness (QED) is 0.464. The smallest absolute Gasteiger partial charge is 0.410 e. The Labute approximate surface area is 150 Å². The minimum absolute atomic E-state index is 0.267. The number of carbonyl (C=O) groups is 1. The SMILES string of the molecule is CCN(CC(C)(CBr)OC1CCCCCC1)C(=O)OC(C)(C)C. The Kier molecular flexibility index (Phi) is 8.36. The number of rotatable bonds is 6. The fraction of sp³-hybridized carbons (Fsp3) is 0.944. The first-order valence-corrected chi connectivity index (χ1v) is 10.0. The molecule has 0 heterocycles. The first-order chi connectivity index (χ1) is 10.7. The first-order valence-electron chi connectivity index (χ1n) is 8.91. The maximum Gasteiger partial charge on any atom is 0.410 e. The molecule has 136 valence electrons. The minimum Gasteiger partial charge on any atom is -0.444 e. The van der Waals surface area contributed by atoms with E-state index in [-0.39, 0.29) is 11.7 Å². The number of alkyl halides is 1. The number of hydrogen-bond donors (Lipinski definition) is 0. The predicted octanol–water partition coefficient (Wildman–Crippen LogP) is 5.14. The molecule has 0 radical (unpaired) electrons. The second kappa shape index (κ2) is 9.26. The van der Waals surface area contributed by atoms with E-state index in [1.54, 1.807) is 4.90 Å². The van der Waals surface area contributed by atoms with Crippen LogP contribution in [0.2, 0.25) is 0 Å². The topological polar surface area (TPSA) is 38.8 Å². The summed E-state index contributed by atoms with van der Waals surface area (Å²) in [4.78, 5) is 14.1. The molecule has 1 rings (SSSR count). The van der Waals surface area contributed by atoms with Crippen molar-refractivity contribution in [2.24, 2.45) is 0 Å². The molecule has 0 spiro atoms. The number of halogens is 1. The summed E-state index contributed by atoms with van der Waals surface area (Å²) in [6, 6.07) is 0. The average molecular weight is 392 g/mol. The Morgan fingerprint density at radius 3 is 2.13 bits per heavy atom. The maximum absolute atomic E-state index is 12.4. The summed E-state index contributed by atoms with van der Waals surface area (Å²) in [5.41, 5.74) is -0.862. The highest BCUT2D eigenvalue weighted by Gasteiger charge is 2.33. The molecule has 1 aliphatic carbocycles. The van der Waals surface area contributed by atoms with Crippen LogP contribution in [-0.2, 0) is 9.47 Å². The maximum atomic E-state index is 12.4. The zero-order valence-corrected chi connectivity index (χ0v) is 17.1. The molecule has 0 saturated heterocycles. The van der Waals surface area contributed by atoms with Crippen LogP contribution in [0, 0.1) is 0 Å². The number of ether oxygens (including phenoxy) is 2. The molecule has 0 bridgehead atoms. The summed E-state index contributed by atoms with van der Waals surface area (Å²) < 4.78 is 11.9. The molecular formula is C18H34BrNO3. The highest BCUT2D eigenvalue weighted by atomic mass is 79.9. The number of hydrogen-bond acceptors (Lipinski definition) is 3. The van der Waals surface area contributed by atoms with Crippen molar-refractivity contribution in [3.8, 4) is 0 Å². The van der Waals surface area contributed by atoms with Gasteiger partial charge in [-0.15, -0.1) is 0 Å². The van der Waals surface area contributed by atoms with E-state index in [1.165, 1.54) is 25.7 Å². The van der Waals surface area contributed by atoms with Crippen LogP contribution >= 0.6 is 15.9 Å². The van der Waals surface area contributed by atoms with Gasteiger partial charge in [0.25, 0.3) is 0 Å². The Balaban J connectivity index is 2.67. The van der Waals surface area contributed by atoms with Crippen molar-refractivity contribution in [3.63, 3.8) is 0 Å². The van der Waals surface area contributed by atoms with Gasteiger partial charge in [0.2, 0.25) is 0 Å². The molecule has 1 aliphatic rings.